The van der Waals surface area contributed by atoms with Gasteiger partial charge in [-0.25, -0.2) is 9.37 Å². The normalized spacial score (nSPS) is 16.7. The molecule has 1 saturated carbocycles. The van der Waals surface area contributed by atoms with Crippen molar-refractivity contribution in [3.63, 3.8) is 0 Å². The monoisotopic (exact) mass is 613 g/mol. The summed E-state index contributed by atoms with van der Waals surface area (Å²) in [4.78, 5) is 24.1. The van der Waals surface area contributed by atoms with E-state index in [1.54, 1.807) is 19.4 Å². The first kappa shape index (κ1) is 29.9. The molecule has 2 aliphatic rings. The lowest BCUT2D eigenvalue weighted by molar-refractivity contribution is -0.165. The van der Waals surface area contributed by atoms with E-state index in [-0.39, 0.29) is 36.4 Å². The Kier molecular flexibility index (Phi) is 8.25. The summed E-state index contributed by atoms with van der Waals surface area (Å²) in [7, 11) is 1.61. The Morgan fingerprint density at radius 1 is 1.09 bits per heavy atom. The molecule has 0 unspecified atom stereocenters. The van der Waals surface area contributed by atoms with Gasteiger partial charge in [-0.3, -0.25) is 14.7 Å². The Hall–Kier alpha value is -4.10. The molecule has 44 heavy (non-hydrogen) atoms. The molecule has 1 aliphatic carbocycles. The molecule has 0 radical (unpaired) electrons. The Bertz CT molecular complexity index is 1660. The van der Waals surface area contributed by atoms with Gasteiger partial charge < -0.3 is 19.3 Å². The maximum atomic E-state index is 15.1. The number of nitrogens with zero attached hydrogens (tertiary/aromatic N) is 4. The number of anilines is 1. The maximum absolute atomic E-state index is 15.1. The SMILES string of the molecule is COc1cc2nc(-c3ccc(CC(=O)Nc4cc(C5(C(F)(F)F)CC5)on4)c(F)c3)cnc2cc1CCCN1CCOCC1. The number of rotatable bonds is 10. The number of alkyl halides is 3. The molecule has 13 heteroatoms. The zero-order valence-electron chi connectivity index (χ0n) is 24.0. The largest absolute Gasteiger partial charge is 0.496 e. The van der Waals surface area contributed by atoms with E-state index in [0.29, 0.717) is 28.0 Å². The predicted octanol–water partition coefficient (Wildman–Crippen LogP) is 5.47. The van der Waals surface area contributed by atoms with Crippen molar-refractivity contribution in [1.82, 2.24) is 20.0 Å². The Morgan fingerprint density at radius 3 is 2.59 bits per heavy atom. The summed E-state index contributed by atoms with van der Waals surface area (Å²) in [6, 6.07) is 9.24. The highest BCUT2D eigenvalue weighted by Gasteiger charge is 2.66. The molecule has 1 N–H and O–H groups in total. The van der Waals surface area contributed by atoms with Crippen LogP contribution >= 0.6 is 0 Å². The number of ether oxygens (including phenoxy) is 2. The maximum Gasteiger partial charge on any atom is 0.401 e. The number of amides is 1. The summed E-state index contributed by atoms with van der Waals surface area (Å²) in [6.07, 6.45) is -1.64. The number of benzene rings is 2. The minimum atomic E-state index is -4.47. The second-order valence-corrected chi connectivity index (χ2v) is 11.2. The van der Waals surface area contributed by atoms with E-state index in [9.17, 15) is 18.0 Å². The topological polar surface area (TPSA) is 103 Å². The number of carbonyl (C=O) groups excluding carboxylic acids is 1. The summed E-state index contributed by atoms with van der Waals surface area (Å²) < 4.78 is 70.9. The van der Waals surface area contributed by atoms with Crippen molar-refractivity contribution in [1.29, 1.82) is 0 Å². The highest BCUT2D eigenvalue weighted by molar-refractivity contribution is 5.91. The lowest BCUT2D eigenvalue weighted by atomic mass is 10.0. The number of hydrogen-bond acceptors (Lipinski definition) is 8. The Balaban J connectivity index is 1.11. The van der Waals surface area contributed by atoms with E-state index in [0.717, 1.165) is 57.3 Å². The Morgan fingerprint density at radius 2 is 1.89 bits per heavy atom. The van der Waals surface area contributed by atoms with Gasteiger partial charge in [0.05, 0.1) is 49.7 Å². The van der Waals surface area contributed by atoms with Crippen LogP contribution in [0.1, 0.15) is 36.1 Å². The first-order valence-corrected chi connectivity index (χ1v) is 14.4. The molecule has 232 valence electrons. The van der Waals surface area contributed by atoms with E-state index in [1.807, 2.05) is 12.1 Å². The summed E-state index contributed by atoms with van der Waals surface area (Å²) in [6.45, 7) is 4.39. The number of methoxy groups -OCH3 is 1. The van der Waals surface area contributed by atoms with E-state index < -0.39 is 23.3 Å². The van der Waals surface area contributed by atoms with Gasteiger partial charge in [0.25, 0.3) is 0 Å². The standard InChI is InChI=1S/C31H31F4N5O4/c1-42-26-16-24-23(14-21(26)3-2-8-40-9-11-43-12-10-40)36-18-25(37-24)20-5-4-19(22(32)13-20)15-29(41)38-28-17-27(44-39-28)30(6-7-30)31(33,34)35/h4-5,13-14,16-18H,2-3,6-12,15H2,1H3,(H,38,39,41). The molecule has 2 aromatic carbocycles. The van der Waals surface area contributed by atoms with Crippen LogP contribution in [-0.2, 0) is 27.8 Å². The van der Waals surface area contributed by atoms with Crippen molar-refractivity contribution in [2.24, 2.45) is 0 Å². The summed E-state index contributed by atoms with van der Waals surface area (Å²) in [5.74, 6) is -1.07. The van der Waals surface area contributed by atoms with Gasteiger partial charge in [0.15, 0.2) is 11.6 Å². The minimum absolute atomic E-state index is 0.0947. The van der Waals surface area contributed by atoms with Crippen molar-refractivity contribution in [3.8, 4) is 17.0 Å². The molecule has 1 saturated heterocycles. The molecule has 9 nitrogen and oxygen atoms in total. The molecule has 4 aromatic rings. The third-order valence-electron chi connectivity index (χ3n) is 8.21. The second kappa shape index (κ2) is 12.1. The van der Waals surface area contributed by atoms with Crippen LogP contribution in [0.25, 0.3) is 22.3 Å². The number of aromatic nitrogens is 3. The van der Waals surface area contributed by atoms with Crippen molar-refractivity contribution in [3.05, 3.63) is 65.3 Å². The van der Waals surface area contributed by atoms with Crippen LogP contribution in [0.2, 0.25) is 0 Å². The van der Waals surface area contributed by atoms with Gasteiger partial charge in [-0.2, -0.15) is 13.2 Å². The minimum Gasteiger partial charge on any atom is -0.496 e. The molecule has 6 rings (SSSR count). The lowest BCUT2D eigenvalue weighted by Gasteiger charge is -2.26. The average Bonchev–Trinajstić information content (AvgIpc) is 3.71. The third kappa shape index (κ3) is 6.25. The highest BCUT2D eigenvalue weighted by Crippen LogP contribution is 2.59. The molecular weight excluding hydrogens is 582 g/mol. The summed E-state index contributed by atoms with van der Waals surface area (Å²) >= 11 is 0. The van der Waals surface area contributed by atoms with Crippen LogP contribution in [0.4, 0.5) is 23.4 Å². The fourth-order valence-electron chi connectivity index (χ4n) is 5.49. The number of aryl methyl sites for hydroxylation is 1. The predicted molar refractivity (Wildman–Crippen MR) is 153 cm³/mol. The molecule has 1 aliphatic heterocycles. The molecule has 2 aromatic heterocycles. The number of nitrogens with one attached hydrogen (secondary N) is 1. The van der Waals surface area contributed by atoms with Gasteiger partial charge in [-0.15, -0.1) is 0 Å². The van der Waals surface area contributed by atoms with Crippen molar-refractivity contribution >= 4 is 22.8 Å². The smallest absolute Gasteiger partial charge is 0.401 e. The number of hydrogen-bond donors (Lipinski definition) is 1. The van der Waals surface area contributed by atoms with Crippen molar-refractivity contribution in [2.45, 2.75) is 43.7 Å². The second-order valence-electron chi connectivity index (χ2n) is 11.2. The molecular formula is C31H31F4N5O4. The first-order chi connectivity index (χ1) is 21.1. The Labute approximate surface area is 250 Å². The third-order valence-corrected chi connectivity index (χ3v) is 8.21. The van der Waals surface area contributed by atoms with Gasteiger partial charge in [0, 0.05) is 30.8 Å². The van der Waals surface area contributed by atoms with Crippen LogP contribution < -0.4 is 10.1 Å². The fraction of sp³-hybridized carbons (Fsp3) is 0.419. The number of halogens is 4. The van der Waals surface area contributed by atoms with Gasteiger partial charge >= 0.3 is 6.18 Å². The van der Waals surface area contributed by atoms with E-state index in [4.69, 9.17) is 14.0 Å². The van der Waals surface area contributed by atoms with Crippen LogP contribution in [0, 0.1) is 5.82 Å². The average molecular weight is 614 g/mol. The molecule has 0 atom stereocenters. The van der Waals surface area contributed by atoms with E-state index in [1.165, 1.54) is 12.1 Å². The number of morpholine rings is 1. The molecule has 2 fully saturated rings. The highest BCUT2D eigenvalue weighted by atomic mass is 19.4. The molecule has 1 amide bonds. The lowest BCUT2D eigenvalue weighted by Crippen LogP contribution is -2.36. The van der Waals surface area contributed by atoms with E-state index >= 15 is 4.39 Å². The zero-order chi connectivity index (χ0) is 30.9. The number of carbonyl (C=O) groups is 1. The van der Waals surface area contributed by atoms with Gasteiger partial charge in [0.2, 0.25) is 5.91 Å². The van der Waals surface area contributed by atoms with Gasteiger partial charge in [-0.1, -0.05) is 17.3 Å². The first-order valence-electron chi connectivity index (χ1n) is 14.4. The number of fused-ring (bicyclic) bond motifs is 1. The molecule has 0 spiro atoms. The zero-order valence-corrected chi connectivity index (χ0v) is 24.0. The molecule has 0 bridgehead atoms. The van der Waals surface area contributed by atoms with Gasteiger partial charge in [-0.05, 0) is 55.5 Å². The van der Waals surface area contributed by atoms with E-state index in [2.05, 4.69) is 25.3 Å². The van der Waals surface area contributed by atoms with Crippen molar-refractivity contribution < 1.29 is 36.4 Å². The summed E-state index contributed by atoms with van der Waals surface area (Å²) in [5.41, 5.74) is 1.31. The molecule has 3 heterocycles. The van der Waals surface area contributed by atoms with Crippen LogP contribution in [0.3, 0.4) is 0 Å². The quantitative estimate of drug-likeness (QED) is 0.235. The van der Waals surface area contributed by atoms with Crippen LogP contribution in [-0.4, -0.2) is 72.1 Å². The summed E-state index contributed by atoms with van der Waals surface area (Å²) in [5, 5.41) is 5.92. The van der Waals surface area contributed by atoms with Crippen molar-refractivity contribution in [2.75, 3.05) is 45.3 Å². The van der Waals surface area contributed by atoms with Gasteiger partial charge in [0.1, 0.15) is 17.0 Å². The van der Waals surface area contributed by atoms with Crippen LogP contribution in [0.5, 0.6) is 5.75 Å². The fourth-order valence-corrected chi connectivity index (χ4v) is 5.49. The van der Waals surface area contributed by atoms with Crippen LogP contribution in [0.15, 0.2) is 47.1 Å².